The number of carbonyl (C=O) groups is 1. The average molecular weight is 354 g/mol. The van der Waals surface area contributed by atoms with Crippen molar-refractivity contribution < 1.29 is 25.2 Å². The maximum atomic E-state index is 11.3. The van der Waals surface area contributed by atoms with E-state index in [2.05, 4.69) is 6.92 Å². The Bertz CT molecular complexity index is 541. The monoisotopic (exact) mass is 354 g/mol. The van der Waals surface area contributed by atoms with Crippen molar-refractivity contribution in [1.82, 2.24) is 0 Å². The third-order valence-electron chi connectivity index (χ3n) is 8.14. The minimum atomic E-state index is -0.982. The first-order valence-electron chi connectivity index (χ1n) is 9.74. The van der Waals surface area contributed by atoms with Crippen LogP contribution in [0.1, 0.15) is 72.1 Å². The number of aliphatic carboxylic acids is 1. The molecule has 0 aliphatic heterocycles. The molecule has 144 valence electrons. The van der Waals surface area contributed by atoms with Gasteiger partial charge in [-0.15, -0.1) is 0 Å². The first kappa shape index (κ1) is 19.1. The van der Waals surface area contributed by atoms with E-state index in [1.165, 1.54) is 0 Å². The third kappa shape index (κ3) is 2.92. The normalized spacial score (nSPS) is 46.7. The van der Waals surface area contributed by atoms with E-state index in [0.29, 0.717) is 18.8 Å². The van der Waals surface area contributed by atoms with E-state index in [1.54, 1.807) is 0 Å². The summed E-state index contributed by atoms with van der Waals surface area (Å²) in [5.74, 6) is -0.297. The van der Waals surface area contributed by atoms with Gasteiger partial charge in [0.05, 0.1) is 17.8 Å². The lowest BCUT2D eigenvalue weighted by molar-refractivity contribution is -0.158. The fourth-order valence-electron chi connectivity index (χ4n) is 7.29. The molecule has 6 atom stereocenters. The van der Waals surface area contributed by atoms with Gasteiger partial charge in [-0.05, 0) is 87.4 Å². The molecule has 0 aromatic rings. The molecule has 1 spiro atoms. The third-order valence-corrected chi connectivity index (χ3v) is 8.14. The van der Waals surface area contributed by atoms with Gasteiger partial charge in [0, 0.05) is 6.42 Å². The molecule has 0 heterocycles. The van der Waals surface area contributed by atoms with Gasteiger partial charge in [0.1, 0.15) is 0 Å². The molecule has 5 nitrogen and oxygen atoms in total. The topological polar surface area (TPSA) is 98.0 Å². The molecule has 3 fully saturated rings. The predicted octanol–water partition coefficient (Wildman–Crippen LogP) is 2.57. The molecule has 0 amide bonds. The van der Waals surface area contributed by atoms with E-state index >= 15 is 0 Å². The molecule has 3 aliphatic carbocycles. The van der Waals surface area contributed by atoms with Gasteiger partial charge >= 0.3 is 5.97 Å². The first-order chi connectivity index (χ1) is 11.5. The molecular formula is C20H34O5. The van der Waals surface area contributed by atoms with Crippen LogP contribution in [0.4, 0.5) is 0 Å². The lowest BCUT2D eigenvalue weighted by Gasteiger charge is -2.60. The maximum absolute atomic E-state index is 11.3. The van der Waals surface area contributed by atoms with Gasteiger partial charge in [-0.1, -0.05) is 6.92 Å². The van der Waals surface area contributed by atoms with Crippen molar-refractivity contribution in [3.63, 3.8) is 0 Å². The van der Waals surface area contributed by atoms with Crippen LogP contribution in [0.5, 0.6) is 0 Å². The molecule has 3 aliphatic rings. The van der Waals surface area contributed by atoms with Crippen molar-refractivity contribution >= 4 is 5.97 Å². The molecule has 5 heteroatoms. The zero-order valence-electron chi connectivity index (χ0n) is 15.8. The summed E-state index contributed by atoms with van der Waals surface area (Å²) in [6.45, 7) is 5.67. The van der Waals surface area contributed by atoms with Crippen molar-refractivity contribution in [2.75, 3.05) is 6.61 Å². The molecule has 0 aromatic carbocycles. The average Bonchev–Trinajstić information content (AvgIpc) is 2.71. The molecule has 2 bridgehead atoms. The van der Waals surface area contributed by atoms with E-state index in [9.17, 15) is 25.2 Å². The van der Waals surface area contributed by atoms with Crippen LogP contribution in [0.15, 0.2) is 0 Å². The Morgan fingerprint density at radius 1 is 1.24 bits per heavy atom. The number of rotatable bonds is 5. The summed E-state index contributed by atoms with van der Waals surface area (Å²) in [4.78, 5) is 11.3. The van der Waals surface area contributed by atoms with Gasteiger partial charge in [0.2, 0.25) is 0 Å². The van der Waals surface area contributed by atoms with Gasteiger partial charge in [0.25, 0.3) is 0 Å². The number of fused-ring (bicyclic) bond motifs is 1. The second-order valence-electron chi connectivity index (χ2n) is 9.98. The Labute approximate surface area is 150 Å². The number of aliphatic hydroxyl groups excluding tert-OH is 1. The summed E-state index contributed by atoms with van der Waals surface area (Å²) in [6, 6.07) is 0. The van der Waals surface area contributed by atoms with Crippen molar-refractivity contribution in [1.29, 1.82) is 0 Å². The first-order valence-corrected chi connectivity index (χ1v) is 9.74. The summed E-state index contributed by atoms with van der Waals surface area (Å²) in [7, 11) is 0. The zero-order valence-corrected chi connectivity index (χ0v) is 15.8. The highest BCUT2D eigenvalue weighted by molar-refractivity contribution is 5.66. The highest BCUT2D eigenvalue weighted by atomic mass is 16.4. The van der Waals surface area contributed by atoms with Crippen molar-refractivity contribution in [3.05, 3.63) is 0 Å². The smallest absolute Gasteiger partial charge is 0.303 e. The highest BCUT2D eigenvalue weighted by Gasteiger charge is 2.66. The minimum Gasteiger partial charge on any atom is -0.481 e. The Hall–Kier alpha value is -0.650. The largest absolute Gasteiger partial charge is 0.481 e. The number of aliphatic hydroxyl groups is 3. The lowest BCUT2D eigenvalue weighted by Crippen LogP contribution is -2.56. The maximum Gasteiger partial charge on any atom is 0.303 e. The van der Waals surface area contributed by atoms with Gasteiger partial charge < -0.3 is 20.4 Å². The molecule has 0 radical (unpaired) electrons. The molecule has 0 aromatic heterocycles. The second-order valence-corrected chi connectivity index (χ2v) is 9.98. The van der Waals surface area contributed by atoms with Crippen LogP contribution < -0.4 is 0 Å². The number of hydrogen-bond donors (Lipinski definition) is 4. The molecule has 3 rings (SSSR count). The SMILES string of the molecule is CC(C)(O)[C@@H]1CC[C@@]23C[C@@H](CC[C@@H]2[C@@]1(C)CCC(=O)O)[C@@](O)(CO)C3. The highest BCUT2D eigenvalue weighted by Crippen LogP contribution is 2.70. The fraction of sp³-hybridized carbons (Fsp3) is 0.950. The minimum absolute atomic E-state index is 0.0185. The summed E-state index contributed by atoms with van der Waals surface area (Å²) in [6.07, 6.45) is 5.86. The molecule has 4 N–H and O–H groups in total. The van der Waals surface area contributed by atoms with Gasteiger partial charge in [-0.25, -0.2) is 0 Å². The van der Waals surface area contributed by atoms with Gasteiger partial charge in [0.15, 0.2) is 0 Å². The van der Waals surface area contributed by atoms with E-state index in [4.69, 9.17) is 0 Å². The summed E-state index contributed by atoms with van der Waals surface area (Å²) in [5, 5.41) is 40.8. The molecule has 0 saturated heterocycles. The van der Waals surface area contributed by atoms with Crippen LogP contribution in [-0.2, 0) is 4.79 Å². The predicted molar refractivity (Wildman–Crippen MR) is 93.9 cm³/mol. The summed E-state index contributed by atoms with van der Waals surface area (Å²) in [5.41, 5.74) is -2.11. The van der Waals surface area contributed by atoms with E-state index < -0.39 is 17.2 Å². The van der Waals surface area contributed by atoms with Gasteiger partial charge in [-0.3, -0.25) is 4.79 Å². The molecule has 3 saturated carbocycles. The number of carboxylic acids is 1. The fourth-order valence-corrected chi connectivity index (χ4v) is 7.29. The van der Waals surface area contributed by atoms with Crippen LogP contribution in [0.3, 0.4) is 0 Å². The summed E-state index contributed by atoms with van der Waals surface area (Å²) >= 11 is 0. The van der Waals surface area contributed by atoms with E-state index in [-0.39, 0.29) is 35.7 Å². The standard InChI is InChI=1S/C20H34O5/c1-17(2,24)14-6-9-19-10-13(20(25,11-19)12-21)4-5-15(19)18(14,3)8-7-16(22)23/h13-15,21,24-25H,4-12H2,1-3H3,(H,22,23)/t13-,14+,15-,18+,19+,20+/m1/s1. The van der Waals surface area contributed by atoms with Crippen LogP contribution in [0.2, 0.25) is 0 Å². The Balaban J connectivity index is 1.98. The van der Waals surface area contributed by atoms with E-state index in [1.807, 2.05) is 13.8 Å². The zero-order chi connectivity index (χ0) is 18.7. The molecular weight excluding hydrogens is 320 g/mol. The second kappa shape index (κ2) is 5.93. The van der Waals surface area contributed by atoms with Crippen LogP contribution >= 0.6 is 0 Å². The van der Waals surface area contributed by atoms with Crippen molar-refractivity contribution in [2.45, 2.75) is 83.3 Å². The molecule has 0 unspecified atom stereocenters. The van der Waals surface area contributed by atoms with Crippen LogP contribution in [0, 0.1) is 28.6 Å². The number of carboxylic acid groups (broad SMARTS) is 1. The van der Waals surface area contributed by atoms with Crippen LogP contribution in [-0.4, -0.2) is 44.2 Å². The lowest BCUT2D eigenvalue weighted by atomic mass is 9.45. The van der Waals surface area contributed by atoms with Gasteiger partial charge in [-0.2, -0.15) is 0 Å². The quantitative estimate of drug-likeness (QED) is 0.608. The molecule has 25 heavy (non-hydrogen) atoms. The Kier molecular flexibility index (Phi) is 4.54. The van der Waals surface area contributed by atoms with Crippen LogP contribution in [0.25, 0.3) is 0 Å². The number of hydrogen-bond acceptors (Lipinski definition) is 4. The van der Waals surface area contributed by atoms with Crippen molar-refractivity contribution in [3.8, 4) is 0 Å². The summed E-state index contributed by atoms with van der Waals surface area (Å²) < 4.78 is 0. The Morgan fingerprint density at radius 2 is 1.92 bits per heavy atom. The van der Waals surface area contributed by atoms with Crippen molar-refractivity contribution in [2.24, 2.45) is 28.6 Å². The Morgan fingerprint density at radius 3 is 2.48 bits per heavy atom. The van der Waals surface area contributed by atoms with E-state index in [0.717, 1.165) is 32.1 Å².